The third kappa shape index (κ3) is 6.84. The lowest BCUT2D eigenvalue weighted by atomic mass is 10.2. The number of rotatable bonds is 11. The van der Waals surface area contributed by atoms with Crippen molar-refractivity contribution in [3.8, 4) is 11.8 Å². The van der Waals surface area contributed by atoms with E-state index in [1.165, 1.54) is 4.90 Å². The Morgan fingerprint density at radius 3 is 2.42 bits per heavy atom. The summed E-state index contributed by atoms with van der Waals surface area (Å²) in [6.45, 7) is 4.84. The number of hydrogen-bond acceptors (Lipinski definition) is 5. The molecule has 0 radical (unpaired) electrons. The highest BCUT2D eigenvalue weighted by Crippen LogP contribution is 2.39. The van der Waals surface area contributed by atoms with Gasteiger partial charge in [0.15, 0.2) is 5.82 Å². The van der Waals surface area contributed by atoms with E-state index in [9.17, 15) is 13.2 Å². The van der Waals surface area contributed by atoms with Crippen molar-refractivity contribution in [3.05, 3.63) is 71.9 Å². The SMILES string of the molecule is CCCCCOc1cccc(N(CC)c2nc(OCc3ccccc3)ncc2C(F)(F)F)c1. The maximum Gasteiger partial charge on any atom is 0.421 e. The maximum atomic E-state index is 13.8. The Hall–Kier alpha value is -3.29. The van der Waals surface area contributed by atoms with E-state index in [1.54, 1.807) is 31.2 Å². The summed E-state index contributed by atoms with van der Waals surface area (Å²) in [5.74, 6) is 0.344. The lowest BCUT2D eigenvalue weighted by molar-refractivity contribution is -0.137. The minimum Gasteiger partial charge on any atom is -0.494 e. The highest BCUT2D eigenvalue weighted by molar-refractivity contribution is 5.64. The molecule has 0 saturated heterocycles. The van der Waals surface area contributed by atoms with E-state index in [0.717, 1.165) is 31.0 Å². The minimum atomic E-state index is -4.62. The van der Waals surface area contributed by atoms with E-state index in [0.29, 0.717) is 18.0 Å². The normalized spacial score (nSPS) is 11.3. The van der Waals surface area contributed by atoms with Crippen LogP contribution in [0.5, 0.6) is 11.8 Å². The van der Waals surface area contributed by atoms with Crippen molar-refractivity contribution in [2.24, 2.45) is 0 Å². The third-order valence-electron chi connectivity index (χ3n) is 4.98. The van der Waals surface area contributed by atoms with Crippen molar-refractivity contribution in [3.63, 3.8) is 0 Å². The average Bonchev–Trinajstić information content (AvgIpc) is 2.81. The number of benzene rings is 2. The molecule has 0 N–H and O–H groups in total. The second-order valence-electron chi connectivity index (χ2n) is 7.46. The van der Waals surface area contributed by atoms with Gasteiger partial charge in [0.05, 0.1) is 6.61 Å². The Labute approximate surface area is 192 Å². The molecule has 8 heteroatoms. The monoisotopic (exact) mass is 459 g/mol. The number of hydrogen-bond donors (Lipinski definition) is 0. The number of nitrogens with zero attached hydrogens (tertiary/aromatic N) is 3. The summed E-state index contributed by atoms with van der Waals surface area (Å²) in [6, 6.07) is 16.2. The van der Waals surface area contributed by atoms with Crippen molar-refractivity contribution < 1.29 is 22.6 Å². The van der Waals surface area contributed by atoms with Gasteiger partial charge in [0.25, 0.3) is 0 Å². The zero-order valence-corrected chi connectivity index (χ0v) is 18.8. The standard InChI is InChI=1S/C25H28F3N3O2/c1-3-5-9-15-32-21-14-10-13-20(16-21)31(4-2)23-22(25(26,27)28)17-29-24(30-23)33-18-19-11-7-6-8-12-19/h6-8,10-14,16-17H,3-5,9,15,18H2,1-2H3. The summed E-state index contributed by atoms with van der Waals surface area (Å²) >= 11 is 0. The van der Waals surface area contributed by atoms with Crippen LogP contribution >= 0.6 is 0 Å². The summed E-state index contributed by atoms with van der Waals surface area (Å²) in [5.41, 5.74) is 0.484. The molecule has 1 heterocycles. The van der Waals surface area contributed by atoms with Crippen molar-refractivity contribution in [1.29, 1.82) is 0 Å². The molecule has 0 amide bonds. The summed E-state index contributed by atoms with van der Waals surface area (Å²) < 4.78 is 52.7. The van der Waals surface area contributed by atoms with Gasteiger partial charge in [-0.05, 0) is 31.0 Å². The van der Waals surface area contributed by atoms with E-state index in [2.05, 4.69) is 16.9 Å². The number of ether oxygens (including phenoxy) is 2. The zero-order valence-electron chi connectivity index (χ0n) is 18.8. The minimum absolute atomic E-state index is 0.118. The molecule has 0 bridgehead atoms. The molecule has 0 fully saturated rings. The first kappa shape index (κ1) is 24.4. The van der Waals surface area contributed by atoms with Gasteiger partial charge in [0.2, 0.25) is 0 Å². The summed E-state index contributed by atoms with van der Waals surface area (Å²) in [6.07, 6.45) is -0.784. The van der Waals surface area contributed by atoms with Gasteiger partial charge < -0.3 is 14.4 Å². The van der Waals surface area contributed by atoms with Crippen LogP contribution in [0.3, 0.4) is 0 Å². The van der Waals surface area contributed by atoms with E-state index in [1.807, 2.05) is 30.3 Å². The Morgan fingerprint density at radius 1 is 0.939 bits per heavy atom. The molecule has 3 aromatic rings. The topological polar surface area (TPSA) is 47.5 Å². The largest absolute Gasteiger partial charge is 0.494 e. The van der Waals surface area contributed by atoms with Gasteiger partial charge in [-0.1, -0.05) is 56.2 Å². The number of alkyl halides is 3. The molecule has 0 saturated carbocycles. The first-order valence-corrected chi connectivity index (χ1v) is 11.0. The van der Waals surface area contributed by atoms with Gasteiger partial charge in [0.1, 0.15) is 17.9 Å². The lowest BCUT2D eigenvalue weighted by Crippen LogP contribution is -2.23. The van der Waals surface area contributed by atoms with E-state index < -0.39 is 11.7 Å². The van der Waals surface area contributed by atoms with Crippen LogP contribution in [0, 0.1) is 0 Å². The van der Waals surface area contributed by atoms with E-state index >= 15 is 0 Å². The van der Waals surface area contributed by atoms with Gasteiger partial charge in [0, 0.05) is 24.5 Å². The van der Waals surface area contributed by atoms with Crippen molar-refractivity contribution in [2.45, 2.75) is 45.9 Å². The van der Waals surface area contributed by atoms with Crippen LogP contribution in [0.25, 0.3) is 0 Å². The van der Waals surface area contributed by atoms with Crippen LogP contribution in [-0.2, 0) is 12.8 Å². The molecule has 0 aliphatic heterocycles. The van der Waals surface area contributed by atoms with Gasteiger partial charge in [-0.2, -0.15) is 18.2 Å². The van der Waals surface area contributed by atoms with Crippen molar-refractivity contribution in [1.82, 2.24) is 9.97 Å². The molecule has 1 aromatic heterocycles. The second-order valence-corrected chi connectivity index (χ2v) is 7.46. The molecular formula is C25H28F3N3O2. The van der Waals surface area contributed by atoms with Crippen LogP contribution < -0.4 is 14.4 Å². The van der Waals surface area contributed by atoms with Crippen LogP contribution in [0.4, 0.5) is 24.7 Å². The van der Waals surface area contributed by atoms with E-state index in [4.69, 9.17) is 9.47 Å². The molecule has 0 aliphatic carbocycles. The van der Waals surface area contributed by atoms with Crippen molar-refractivity contribution >= 4 is 11.5 Å². The molecule has 0 aliphatic rings. The Morgan fingerprint density at radius 2 is 1.73 bits per heavy atom. The van der Waals surface area contributed by atoms with Crippen LogP contribution in [0.15, 0.2) is 60.8 Å². The predicted octanol–water partition coefficient (Wildman–Crippen LogP) is 6.80. The number of anilines is 2. The first-order valence-electron chi connectivity index (χ1n) is 11.0. The number of aromatic nitrogens is 2. The molecule has 176 valence electrons. The fourth-order valence-corrected chi connectivity index (χ4v) is 3.29. The van der Waals surface area contributed by atoms with Gasteiger partial charge in [-0.15, -0.1) is 0 Å². The quantitative estimate of drug-likeness (QED) is 0.295. The fraction of sp³-hybridized carbons (Fsp3) is 0.360. The fourth-order valence-electron chi connectivity index (χ4n) is 3.29. The van der Waals surface area contributed by atoms with E-state index in [-0.39, 0.29) is 25.0 Å². The maximum absolute atomic E-state index is 13.8. The molecular weight excluding hydrogens is 431 g/mol. The lowest BCUT2D eigenvalue weighted by Gasteiger charge is -2.26. The molecule has 2 aromatic carbocycles. The highest BCUT2D eigenvalue weighted by Gasteiger charge is 2.37. The molecule has 0 spiro atoms. The van der Waals surface area contributed by atoms with Crippen LogP contribution in [0.2, 0.25) is 0 Å². The summed E-state index contributed by atoms with van der Waals surface area (Å²) in [7, 11) is 0. The molecule has 0 unspecified atom stereocenters. The Bertz CT molecular complexity index is 1010. The van der Waals surface area contributed by atoms with Crippen LogP contribution in [-0.4, -0.2) is 23.1 Å². The first-order chi connectivity index (χ1) is 15.9. The third-order valence-corrected chi connectivity index (χ3v) is 4.98. The van der Waals surface area contributed by atoms with Gasteiger partial charge >= 0.3 is 12.2 Å². The van der Waals surface area contributed by atoms with Gasteiger partial charge in [-0.25, -0.2) is 4.98 Å². The Kier molecular flexibility index (Phi) is 8.52. The number of unbranched alkanes of at least 4 members (excludes halogenated alkanes) is 2. The Balaban J connectivity index is 1.88. The molecule has 0 atom stereocenters. The highest BCUT2D eigenvalue weighted by atomic mass is 19.4. The van der Waals surface area contributed by atoms with Crippen LogP contribution in [0.1, 0.15) is 44.2 Å². The van der Waals surface area contributed by atoms with Gasteiger partial charge in [-0.3, -0.25) is 0 Å². The second kappa shape index (κ2) is 11.5. The predicted molar refractivity (Wildman–Crippen MR) is 122 cm³/mol. The number of halogens is 3. The molecule has 33 heavy (non-hydrogen) atoms. The summed E-state index contributed by atoms with van der Waals surface area (Å²) in [5, 5.41) is 0. The summed E-state index contributed by atoms with van der Waals surface area (Å²) in [4.78, 5) is 9.44. The molecule has 5 nitrogen and oxygen atoms in total. The zero-order chi connectivity index (χ0) is 23.7. The van der Waals surface area contributed by atoms with Crippen molar-refractivity contribution in [2.75, 3.05) is 18.1 Å². The smallest absolute Gasteiger partial charge is 0.421 e. The average molecular weight is 460 g/mol. The molecule has 3 rings (SSSR count).